The molecule has 19 heavy (non-hydrogen) atoms. The van der Waals surface area contributed by atoms with Crippen LogP contribution in [0, 0.1) is 11.8 Å². The molecule has 0 unspecified atom stereocenters. The molecule has 0 bridgehead atoms. The van der Waals surface area contributed by atoms with Crippen LogP contribution >= 0.6 is 0 Å². The third kappa shape index (κ3) is 2.22. The van der Waals surface area contributed by atoms with Crippen molar-refractivity contribution in [2.24, 2.45) is 0 Å². The number of hydrogen-bond acceptors (Lipinski definition) is 3. The zero-order valence-corrected chi connectivity index (χ0v) is 9.92. The van der Waals surface area contributed by atoms with E-state index in [1.807, 2.05) is 30.3 Å². The van der Waals surface area contributed by atoms with E-state index in [2.05, 4.69) is 26.8 Å². The summed E-state index contributed by atoms with van der Waals surface area (Å²) in [7, 11) is 0. The van der Waals surface area contributed by atoms with E-state index in [0.29, 0.717) is 16.5 Å². The van der Waals surface area contributed by atoms with Gasteiger partial charge in [0, 0.05) is 18.0 Å². The number of H-pyrrole nitrogens is 1. The molecule has 1 N–H and O–H groups in total. The van der Waals surface area contributed by atoms with Crippen LogP contribution in [0.25, 0.3) is 10.9 Å². The highest BCUT2D eigenvalue weighted by Crippen LogP contribution is 2.08. The number of rotatable bonds is 0. The molecule has 0 radical (unpaired) electrons. The fraction of sp³-hybridized carbons (Fsp3) is 0. The van der Waals surface area contributed by atoms with Crippen molar-refractivity contribution in [2.75, 3.05) is 0 Å². The Morgan fingerprint density at radius 2 is 1.95 bits per heavy atom. The van der Waals surface area contributed by atoms with Crippen molar-refractivity contribution in [1.29, 1.82) is 0 Å². The molecular formula is C15H9N3O. The normalized spacial score (nSPS) is 9.89. The van der Waals surface area contributed by atoms with Gasteiger partial charge in [-0.2, -0.15) is 0 Å². The van der Waals surface area contributed by atoms with Crippen molar-refractivity contribution in [1.82, 2.24) is 15.0 Å². The molecule has 0 atom stereocenters. The van der Waals surface area contributed by atoms with E-state index in [1.54, 1.807) is 6.20 Å². The highest BCUT2D eigenvalue weighted by atomic mass is 16.1. The number of aromatic nitrogens is 3. The van der Waals surface area contributed by atoms with E-state index in [1.165, 1.54) is 12.5 Å². The summed E-state index contributed by atoms with van der Waals surface area (Å²) in [5.41, 5.74) is 1.96. The number of pyridine rings is 1. The summed E-state index contributed by atoms with van der Waals surface area (Å²) in [5.74, 6) is 6.06. The van der Waals surface area contributed by atoms with Gasteiger partial charge < -0.3 is 4.98 Å². The van der Waals surface area contributed by atoms with Crippen LogP contribution in [-0.2, 0) is 0 Å². The molecule has 4 heteroatoms. The van der Waals surface area contributed by atoms with Crippen LogP contribution in [-0.4, -0.2) is 15.0 Å². The largest absolute Gasteiger partial charge is 0.327 e. The first kappa shape index (κ1) is 11.2. The fourth-order valence-corrected chi connectivity index (χ4v) is 1.75. The van der Waals surface area contributed by atoms with Crippen molar-refractivity contribution in [3.8, 4) is 11.8 Å². The molecule has 3 rings (SSSR count). The summed E-state index contributed by atoms with van der Waals surface area (Å²) in [6.45, 7) is 0. The molecule has 4 nitrogen and oxygen atoms in total. The van der Waals surface area contributed by atoms with Gasteiger partial charge in [-0.3, -0.25) is 4.79 Å². The molecule has 0 fully saturated rings. The minimum Gasteiger partial charge on any atom is -0.327 e. The first-order chi connectivity index (χ1) is 9.34. The van der Waals surface area contributed by atoms with Crippen molar-refractivity contribution in [3.63, 3.8) is 0 Å². The summed E-state index contributed by atoms with van der Waals surface area (Å²) in [6, 6.07) is 9.65. The Kier molecular flexibility index (Phi) is 2.79. The smallest absolute Gasteiger partial charge is 0.259 e. The molecule has 0 aliphatic rings. The molecule has 0 amide bonds. The second-order valence-corrected chi connectivity index (χ2v) is 3.93. The lowest BCUT2D eigenvalue weighted by atomic mass is 10.2. The van der Waals surface area contributed by atoms with Gasteiger partial charge >= 0.3 is 0 Å². The van der Waals surface area contributed by atoms with Crippen LogP contribution in [0.5, 0.6) is 0 Å². The number of nitrogens with one attached hydrogen (secondary N) is 1. The molecule has 0 aliphatic carbocycles. The summed E-state index contributed by atoms with van der Waals surface area (Å²) >= 11 is 0. The quantitative estimate of drug-likeness (QED) is 0.615. The lowest BCUT2D eigenvalue weighted by molar-refractivity contribution is 1.18. The number of aromatic amines is 1. The highest BCUT2D eigenvalue weighted by molar-refractivity contribution is 5.82. The van der Waals surface area contributed by atoms with Gasteiger partial charge in [-0.15, -0.1) is 0 Å². The molecule has 0 saturated heterocycles. The van der Waals surface area contributed by atoms with Crippen LogP contribution < -0.4 is 5.56 Å². The molecule has 2 aromatic heterocycles. The summed E-state index contributed by atoms with van der Waals surface area (Å²) < 4.78 is 0. The minimum absolute atomic E-state index is 0.208. The summed E-state index contributed by atoms with van der Waals surface area (Å²) in [5, 5.41) is 0.447. The molecule has 0 aliphatic heterocycles. The Labute approximate surface area is 109 Å². The Morgan fingerprint density at radius 3 is 2.79 bits per heavy atom. The standard InChI is InChI=1S/C15H9N3O/c19-15-13-9-16-10-18-14(13)12(8-17-15)7-6-11-4-2-1-3-5-11/h1-5,8-10H,(H,17,19). The molecule has 3 aromatic rings. The van der Waals surface area contributed by atoms with Crippen molar-refractivity contribution < 1.29 is 0 Å². The molecule has 90 valence electrons. The second-order valence-electron chi connectivity index (χ2n) is 3.93. The number of nitrogens with zero attached hydrogens (tertiary/aromatic N) is 2. The molecule has 0 spiro atoms. The first-order valence-electron chi connectivity index (χ1n) is 5.73. The predicted molar refractivity (Wildman–Crippen MR) is 72.6 cm³/mol. The highest BCUT2D eigenvalue weighted by Gasteiger charge is 2.03. The average Bonchev–Trinajstić information content (AvgIpc) is 2.48. The SMILES string of the molecule is O=c1[nH]cc(C#Cc2ccccc2)c2ncncc12. The van der Waals surface area contributed by atoms with E-state index in [4.69, 9.17) is 0 Å². The second kappa shape index (κ2) is 4.75. The molecule has 2 heterocycles. The minimum atomic E-state index is -0.208. The van der Waals surface area contributed by atoms with Gasteiger partial charge in [-0.05, 0) is 12.1 Å². The Hall–Kier alpha value is -2.93. The number of hydrogen-bond donors (Lipinski definition) is 1. The predicted octanol–water partition coefficient (Wildman–Crippen LogP) is 1.72. The van der Waals surface area contributed by atoms with E-state index in [0.717, 1.165) is 5.56 Å². The van der Waals surface area contributed by atoms with Gasteiger partial charge in [0.05, 0.1) is 16.5 Å². The zero-order chi connectivity index (χ0) is 13.1. The third-order valence-electron chi connectivity index (χ3n) is 2.67. The number of fused-ring (bicyclic) bond motifs is 1. The van der Waals surface area contributed by atoms with Gasteiger partial charge in [-0.1, -0.05) is 30.0 Å². The maximum absolute atomic E-state index is 11.6. The van der Waals surface area contributed by atoms with E-state index >= 15 is 0 Å². The maximum atomic E-state index is 11.6. The van der Waals surface area contributed by atoms with Gasteiger partial charge in [0.2, 0.25) is 0 Å². The molecule has 0 saturated carbocycles. The molecule has 1 aromatic carbocycles. The van der Waals surface area contributed by atoms with Crippen LogP contribution in [0.1, 0.15) is 11.1 Å². The topological polar surface area (TPSA) is 58.6 Å². The van der Waals surface area contributed by atoms with Crippen molar-refractivity contribution in [2.45, 2.75) is 0 Å². The lowest BCUT2D eigenvalue weighted by Crippen LogP contribution is -2.07. The van der Waals surface area contributed by atoms with E-state index in [-0.39, 0.29) is 5.56 Å². The van der Waals surface area contributed by atoms with Crippen LogP contribution in [0.4, 0.5) is 0 Å². The third-order valence-corrected chi connectivity index (χ3v) is 2.67. The maximum Gasteiger partial charge on any atom is 0.259 e. The monoisotopic (exact) mass is 247 g/mol. The van der Waals surface area contributed by atoms with Gasteiger partial charge in [-0.25, -0.2) is 9.97 Å². The van der Waals surface area contributed by atoms with Crippen LogP contribution in [0.2, 0.25) is 0 Å². The van der Waals surface area contributed by atoms with Crippen LogP contribution in [0.3, 0.4) is 0 Å². The Morgan fingerprint density at radius 1 is 1.11 bits per heavy atom. The van der Waals surface area contributed by atoms with E-state index < -0.39 is 0 Å². The Balaban J connectivity index is 2.15. The van der Waals surface area contributed by atoms with E-state index in [9.17, 15) is 4.79 Å². The van der Waals surface area contributed by atoms with Crippen molar-refractivity contribution >= 4 is 10.9 Å². The van der Waals surface area contributed by atoms with Gasteiger partial charge in [0.1, 0.15) is 6.33 Å². The number of benzene rings is 1. The first-order valence-corrected chi connectivity index (χ1v) is 5.73. The fourth-order valence-electron chi connectivity index (χ4n) is 1.75. The van der Waals surface area contributed by atoms with Crippen LogP contribution in [0.15, 0.2) is 53.8 Å². The summed E-state index contributed by atoms with van der Waals surface area (Å²) in [6.07, 6.45) is 4.48. The Bertz CT molecular complexity index is 842. The lowest BCUT2D eigenvalue weighted by Gasteiger charge is -1.97. The average molecular weight is 247 g/mol. The van der Waals surface area contributed by atoms with Gasteiger partial charge in [0.25, 0.3) is 5.56 Å². The summed E-state index contributed by atoms with van der Waals surface area (Å²) in [4.78, 5) is 22.2. The van der Waals surface area contributed by atoms with Crippen molar-refractivity contribution in [3.05, 3.63) is 70.5 Å². The van der Waals surface area contributed by atoms with Gasteiger partial charge in [0.15, 0.2) is 0 Å². The molecular weight excluding hydrogens is 238 g/mol. The zero-order valence-electron chi connectivity index (χ0n) is 9.92.